The van der Waals surface area contributed by atoms with Crippen molar-refractivity contribution in [3.05, 3.63) is 12.0 Å². The van der Waals surface area contributed by atoms with Gasteiger partial charge in [0.25, 0.3) is 12.4 Å². The lowest BCUT2D eigenvalue weighted by atomic mass is 10.4. The Morgan fingerprint density at radius 2 is 2.31 bits per heavy atom. The van der Waals surface area contributed by atoms with Crippen molar-refractivity contribution in [1.82, 2.24) is 10.3 Å². The van der Waals surface area contributed by atoms with E-state index < -0.39 is 6.43 Å². The molecule has 1 aromatic heterocycles. The summed E-state index contributed by atoms with van der Waals surface area (Å²) in [6.07, 6.45) is 0.134. The summed E-state index contributed by atoms with van der Waals surface area (Å²) in [5, 5.41) is 3.16. The van der Waals surface area contributed by atoms with Gasteiger partial charge in [0.05, 0.1) is 12.2 Å². The first-order valence-electron chi connectivity index (χ1n) is 5.28. The first-order valence-corrected chi connectivity index (χ1v) is 5.28. The van der Waals surface area contributed by atoms with Gasteiger partial charge in [-0.2, -0.15) is 4.98 Å². The van der Waals surface area contributed by atoms with Crippen LogP contribution in [0.1, 0.15) is 19.0 Å². The van der Waals surface area contributed by atoms with Crippen molar-refractivity contribution in [2.75, 3.05) is 25.0 Å². The van der Waals surface area contributed by atoms with Gasteiger partial charge in [-0.15, -0.1) is 0 Å². The summed E-state index contributed by atoms with van der Waals surface area (Å²) in [7, 11) is 1.53. The summed E-state index contributed by atoms with van der Waals surface area (Å²) in [4.78, 5) is 5.40. The SMILES string of the molecule is CCCNCc1coc(N(C)CC(F)F)n1. The molecule has 0 radical (unpaired) electrons. The topological polar surface area (TPSA) is 41.3 Å². The first kappa shape index (κ1) is 12.9. The summed E-state index contributed by atoms with van der Waals surface area (Å²) in [6.45, 7) is 3.19. The van der Waals surface area contributed by atoms with Crippen molar-refractivity contribution in [1.29, 1.82) is 0 Å². The van der Waals surface area contributed by atoms with E-state index in [0.717, 1.165) is 18.7 Å². The average molecular weight is 233 g/mol. The molecular formula is C10H17F2N3O. The number of rotatable bonds is 7. The molecular weight excluding hydrogens is 216 g/mol. The van der Waals surface area contributed by atoms with E-state index in [-0.39, 0.29) is 12.6 Å². The molecule has 6 heteroatoms. The third kappa shape index (κ3) is 4.14. The zero-order chi connectivity index (χ0) is 12.0. The van der Waals surface area contributed by atoms with Crippen LogP contribution in [0.3, 0.4) is 0 Å². The monoisotopic (exact) mass is 233 g/mol. The average Bonchev–Trinajstić information content (AvgIpc) is 2.66. The van der Waals surface area contributed by atoms with E-state index in [9.17, 15) is 8.78 Å². The summed E-state index contributed by atoms with van der Waals surface area (Å²) in [6, 6.07) is 0.230. The second kappa shape index (κ2) is 6.42. The van der Waals surface area contributed by atoms with Crippen LogP contribution in [0, 0.1) is 0 Å². The van der Waals surface area contributed by atoms with Crippen LogP contribution in [0.15, 0.2) is 10.7 Å². The van der Waals surface area contributed by atoms with Gasteiger partial charge in [0, 0.05) is 13.6 Å². The fraction of sp³-hybridized carbons (Fsp3) is 0.700. The molecule has 0 amide bonds. The van der Waals surface area contributed by atoms with E-state index in [0.29, 0.717) is 6.54 Å². The molecule has 0 saturated carbocycles. The van der Waals surface area contributed by atoms with Crippen molar-refractivity contribution >= 4 is 6.01 Å². The molecule has 0 spiro atoms. The predicted octanol–water partition coefficient (Wildman–Crippen LogP) is 1.88. The molecule has 0 saturated heterocycles. The largest absolute Gasteiger partial charge is 0.432 e. The van der Waals surface area contributed by atoms with Crippen LogP contribution >= 0.6 is 0 Å². The summed E-state index contributed by atoms with van der Waals surface area (Å²) >= 11 is 0. The van der Waals surface area contributed by atoms with E-state index in [1.54, 1.807) is 0 Å². The number of hydrogen-bond acceptors (Lipinski definition) is 4. The fourth-order valence-corrected chi connectivity index (χ4v) is 1.23. The highest BCUT2D eigenvalue weighted by Crippen LogP contribution is 2.13. The Hall–Kier alpha value is -1.17. The maximum Gasteiger partial charge on any atom is 0.297 e. The van der Waals surface area contributed by atoms with E-state index >= 15 is 0 Å². The molecule has 1 heterocycles. The zero-order valence-electron chi connectivity index (χ0n) is 9.54. The predicted molar refractivity (Wildman–Crippen MR) is 57.8 cm³/mol. The van der Waals surface area contributed by atoms with Crippen molar-refractivity contribution in [3.8, 4) is 0 Å². The van der Waals surface area contributed by atoms with Gasteiger partial charge in [-0.1, -0.05) is 6.92 Å². The van der Waals surface area contributed by atoms with Crippen LogP contribution in [0.2, 0.25) is 0 Å². The number of anilines is 1. The maximum absolute atomic E-state index is 12.1. The Labute approximate surface area is 93.6 Å². The van der Waals surface area contributed by atoms with Crippen LogP contribution in [-0.4, -0.2) is 31.5 Å². The van der Waals surface area contributed by atoms with Crippen molar-refractivity contribution in [2.45, 2.75) is 26.3 Å². The standard InChI is InChI=1S/C10H17F2N3O/c1-3-4-13-5-8-7-16-10(14-8)15(2)6-9(11)12/h7,9,13H,3-6H2,1-2H3. The van der Waals surface area contributed by atoms with E-state index in [2.05, 4.69) is 17.2 Å². The minimum Gasteiger partial charge on any atom is -0.432 e. The lowest BCUT2D eigenvalue weighted by Gasteiger charge is -2.12. The molecule has 0 aromatic carbocycles. The summed E-state index contributed by atoms with van der Waals surface area (Å²) in [5.74, 6) is 0. The normalized spacial score (nSPS) is 11.1. The molecule has 0 atom stereocenters. The smallest absolute Gasteiger partial charge is 0.297 e. The van der Waals surface area contributed by atoms with Gasteiger partial charge in [-0.3, -0.25) is 0 Å². The van der Waals surface area contributed by atoms with Gasteiger partial charge in [0.1, 0.15) is 6.26 Å². The van der Waals surface area contributed by atoms with Gasteiger partial charge in [0.2, 0.25) is 0 Å². The molecule has 16 heavy (non-hydrogen) atoms. The third-order valence-electron chi connectivity index (χ3n) is 2.01. The molecule has 0 bridgehead atoms. The number of hydrogen-bond donors (Lipinski definition) is 1. The van der Waals surface area contributed by atoms with Gasteiger partial charge in [-0.05, 0) is 13.0 Å². The lowest BCUT2D eigenvalue weighted by Crippen LogP contribution is -2.24. The van der Waals surface area contributed by atoms with Gasteiger partial charge >= 0.3 is 0 Å². The molecule has 1 rings (SSSR count). The highest BCUT2D eigenvalue weighted by Gasteiger charge is 2.13. The Morgan fingerprint density at radius 3 is 2.94 bits per heavy atom. The van der Waals surface area contributed by atoms with Gasteiger partial charge < -0.3 is 14.6 Å². The number of oxazole rings is 1. The Kier molecular flexibility index (Phi) is 5.18. The molecule has 1 aromatic rings. The van der Waals surface area contributed by atoms with Gasteiger partial charge in [0.15, 0.2) is 0 Å². The number of halogens is 2. The van der Waals surface area contributed by atoms with Crippen LogP contribution in [0.4, 0.5) is 14.8 Å². The minimum atomic E-state index is -2.39. The van der Waals surface area contributed by atoms with E-state index in [4.69, 9.17) is 4.42 Å². The molecule has 0 aliphatic rings. The highest BCUT2D eigenvalue weighted by molar-refractivity contribution is 5.25. The van der Waals surface area contributed by atoms with Crippen molar-refractivity contribution in [2.24, 2.45) is 0 Å². The zero-order valence-corrected chi connectivity index (χ0v) is 9.54. The van der Waals surface area contributed by atoms with E-state index in [1.165, 1.54) is 18.2 Å². The van der Waals surface area contributed by atoms with Crippen LogP contribution in [-0.2, 0) is 6.54 Å². The second-order valence-corrected chi connectivity index (χ2v) is 3.57. The fourth-order valence-electron chi connectivity index (χ4n) is 1.23. The molecule has 0 aliphatic carbocycles. The minimum absolute atomic E-state index is 0.230. The first-order chi connectivity index (χ1) is 7.63. The Bertz CT molecular complexity index is 304. The third-order valence-corrected chi connectivity index (χ3v) is 2.01. The summed E-state index contributed by atoms with van der Waals surface area (Å²) < 4.78 is 29.3. The van der Waals surface area contributed by atoms with Gasteiger partial charge in [-0.25, -0.2) is 8.78 Å². The quantitative estimate of drug-likeness (QED) is 0.730. The molecule has 0 fully saturated rings. The van der Waals surface area contributed by atoms with Crippen LogP contribution in [0.5, 0.6) is 0 Å². The lowest BCUT2D eigenvalue weighted by molar-refractivity contribution is 0.155. The Morgan fingerprint density at radius 1 is 1.56 bits per heavy atom. The van der Waals surface area contributed by atoms with Crippen LogP contribution in [0.25, 0.3) is 0 Å². The second-order valence-electron chi connectivity index (χ2n) is 3.57. The van der Waals surface area contributed by atoms with E-state index in [1.807, 2.05) is 0 Å². The van der Waals surface area contributed by atoms with Crippen LogP contribution < -0.4 is 10.2 Å². The molecule has 0 aliphatic heterocycles. The summed E-state index contributed by atoms with van der Waals surface area (Å²) in [5.41, 5.74) is 0.726. The molecule has 0 unspecified atom stereocenters. The molecule has 92 valence electrons. The number of aromatic nitrogens is 1. The highest BCUT2D eigenvalue weighted by atomic mass is 19.3. The number of alkyl halides is 2. The number of nitrogens with zero attached hydrogens (tertiary/aromatic N) is 2. The molecule has 1 N–H and O–H groups in total. The Balaban J connectivity index is 2.44. The number of nitrogens with one attached hydrogen (secondary N) is 1. The van der Waals surface area contributed by atoms with Crippen molar-refractivity contribution in [3.63, 3.8) is 0 Å². The molecule has 4 nitrogen and oxygen atoms in total. The maximum atomic E-state index is 12.1. The van der Waals surface area contributed by atoms with Crippen molar-refractivity contribution < 1.29 is 13.2 Å².